The highest BCUT2D eigenvalue weighted by atomic mass is 16.7. The monoisotopic (exact) mass is 203 g/mol. The smallest absolute Gasteiger partial charge is 0.183 e. The van der Waals surface area contributed by atoms with Gasteiger partial charge in [-0.3, -0.25) is 0 Å². The van der Waals surface area contributed by atoms with Crippen molar-refractivity contribution < 1.29 is 14.6 Å². The van der Waals surface area contributed by atoms with E-state index in [0.29, 0.717) is 13.2 Å². The van der Waals surface area contributed by atoms with Crippen LogP contribution in [0.15, 0.2) is 5.11 Å². The Morgan fingerprint density at radius 1 is 1.36 bits per heavy atom. The summed E-state index contributed by atoms with van der Waals surface area (Å²) >= 11 is 0. The molecule has 14 heavy (non-hydrogen) atoms. The second-order valence-corrected chi connectivity index (χ2v) is 2.72. The van der Waals surface area contributed by atoms with E-state index in [9.17, 15) is 5.11 Å². The zero-order chi connectivity index (χ0) is 11.0. The maximum Gasteiger partial charge on any atom is 0.183 e. The van der Waals surface area contributed by atoms with Gasteiger partial charge < -0.3 is 14.6 Å². The Hall–Kier alpha value is -0.810. The third kappa shape index (κ3) is 4.43. The molecular weight excluding hydrogens is 186 g/mol. The lowest BCUT2D eigenvalue weighted by molar-refractivity contribution is -0.192. The Morgan fingerprint density at radius 3 is 2.21 bits per heavy atom. The van der Waals surface area contributed by atoms with Crippen molar-refractivity contribution in [2.24, 2.45) is 5.11 Å². The minimum atomic E-state index is -0.939. The number of ether oxygens (including phenoxy) is 2. The van der Waals surface area contributed by atoms with Gasteiger partial charge in [-0.1, -0.05) is 12.0 Å². The molecule has 0 spiro atoms. The van der Waals surface area contributed by atoms with Crippen molar-refractivity contribution >= 4 is 0 Å². The maximum atomic E-state index is 9.66. The Bertz CT molecular complexity index is 188. The fourth-order valence-corrected chi connectivity index (χ4v) is 0.951. The van der Waals surface area contributed by atoms with E-state index in [1.807, 2.05) is 0 Å². The Morgan fingerprint density at radius 2 is 1.86 bits per heavy atom. The topological polar surface area (TPSA) is 87.5 Å². The highest BCUT2D eigenvalue weighted by Gasteiger charge is 2.24. The molecule has 82 valence electrons. The Kier molecular flexibility index (Phi) is 7.14. The lowest BCUT2D eigenvalue weighted by atomic mass is 10.2. The van der Waals surface area contributed by atoms with Gasteiger partial charge >= 0.3 is 0 Å². The average molecular weight is 203 g/mol. The molecule has 0 bridgehead atoms. The summed E-state index contributed by atoms with van der Waals surface area (Å²) in [6, 6.07) is -0.567. The number of rotatable bonds is 7. The number of aliphatic hydroxyl groups excluding tert-OH is 1. The van der Waals surface area contributed by atoms with Gasteiger partial charge in [-0.05, 0) is 19.4 Å². The van der Waals surface area contributed by atoms with Crippen LogP contribution in [0.3, 0.4) is 0 Å². The average Bonchev–Trinajstić information content (AvgIpc) is 2.17. The standard InChI is InChI=1S/C8H17N3O3/c1-4-13-8(14-5-2)7(12)6(3)10-11-9/h6-8,12H,4-5H2,1-3H3/t6-,7+/m0/s1. The van der Waals surface area contributed by atoms with Crippen LogP contribution in [-0.4, -0.2) is 36.8 Å². The van der Waals surface area contributed by atoms with E-state index in [-0.39, 0.29) is 0 Å². The normalized spacial score (nSPS) is 14.9. The summed E-state index contributed by atoms with van der Waals surface area (Å²) in [5.41, 5.74) is 8.19. The van der Waals surface area contributed by atoms with Crippen LogP contribution >= 0.6 is 0 Å². The van der Waals surface area contributed by atoms with Crippen molar-refractivity contribution in [3.8, 4) is 0 Å². The molecule has 6 heteroatoms. The Balaban J connectivity index is 4.24. The van der Waals surface area contributed by atoms with Gasteiger partial charge in [-0.2, -0.15) is 0 Å². The number of azide groups is 1. The molecule has 0 radical (unpaired) electrons. The molecule has 0 aromatic rings. The van der Waals surface area contributed by atoms with Gasteiger partial charge in [0.1, 0.15) is 6.10 Å². The van der Waals surface area contributed by atoms with Crippen molar-refractivity contribution in [3.63, 3.8) is 0 Å². The van der Waals surface area contributed by atoms with Crippen molar-refractivity contribution in [2.75, 3.05) is 13.2 Å². The van der Waals surface area contributed by atoms with Gasteiger partial charge in [0.2, 0.25) is 0 Å². The fraction of sp³-hybridized carbons (Fsp3) is 1.00. The molecule has 0 aromatic carbocycles. The van der Waals surface area contributed by atoms with Gasteiger partial charge in [-0.25, -0.2) is 0 Å². The van der Waals surface area contributed by atoms with Crippen LogP contribution in [-0.2, 0) is 9.47 Å². The van der Waals surface area contributed by atoms with E-state index in [1.165, 1.54) is 0 Å². The molecule has 0 aliphatic carbocycles. The molecular formula is C8H17N3O3. The SMILES string of the molecule is CCOC(OCC)[C@H](O)[C@H](C)N=[N+]=[N-]. The van der Waals surface area contributed by atoms with Crippen LogP contribution < -0.4 is 0 Å². The molecule has 0 aliphatic heterocycles. The zero-order valence-electron chi connectivity index (χ0n) is 8.75. The minimum Gasteiger partial charge on any atom is -0.387 e. The van der Waals surface area contributed by atoms with E-state index in [4.69, 9.17) is 15.0 Å². The van der Waals surface area contributed by atoms with E-state index < -0.39 is 18.4 Å². The first-order chi connectivity index (χ1) is 6.67. The van der Waals surface area contributed by atoms with Gasteiger partial charge in [0, 0.05) is 18.1 Å². The molecule has 0 heterocycles. The quantitative estimate of drug-likeness (QED) is 0.294. The summed E-state index contributed by atoms with van der Waals surface area (Å²) in [5, 5.41) is 13.0. The van der Waals surface area contributed by atoms with E-state index in [0.717, 1.165) is 0 Å². The van der Waals surface area contributed by atoms with Crippen LogP contribution in [0.1, 0.15) is 20.8 Å². The van der Waals surface area contributed by atoms with Crippen molar-refractivity contribution in [3.05, 3.63) is 10.4 Å². The van der Waals surface area contributed by atoms with Crippen LogP contribution in [0.5, 0.6) is 0 Å². The molecule has 0 aliphatic rings. The molecule has 2 atom stereocenters. The second kappa shape index (κ2) is 7.58. The number of aliphatic hydroxyl groups is 1. The van der Waals surface area contributed by atoms with Crippen LogP contribution in [0.4, 0.5) is 0 Å². The molecule has 0 amide bonds. The molecule has 0 saturated carbocycles. The van der Waals surface area contributed by atoms with E-state index in [2.05, 4.69) is 10.0 Å². The summed E-state index contributed by atoms with van der Waals surface area (Å²) in [6.45, 7) is 6.08. The third-order valence-electron chi connectivity index (χ3n) is 1.67. The minimum absolute atomic E-state index is 0.435. The number of hydrogen-bond donors (Lipinski definition) is 1. The van der Waals surface area contributed by atoms with Crippen molar-refractivity contribution in [2.45, 2.75) is 39.2 Å². The summed E-state index contributed by atoms with van der Waals surface area (Å²) < 4.78 is 10.3. The molecule has 0 aromatic heterocycles. The first-order valence-electron chi connectivity index (χ1n) is 4.62. The van der Waals surface area contributed by atoms with Gasteiger partial charge in [0.05, 0.1) is 6.04 Å². The summed E-state index contributed by atoms with van der Waals surface area (Å²) in [5.74, 6) is 0. The molecule has 0 rings (SSSR count). The highest BCUT2D eigenvalue weighted by Crippen LogP contribution is 2.09. The Labute approximate surface area is 83.4 Å². The van der Waals surface area contributed by atoms with Gasteiger partial charge in [0.15, 0.2) is 6.29 Å². The molecule has 6 nitrogen and oxygen atoms in total. The highest BCUT2D eigenvalue weighted by molar-refractivity contribution is 4.74. The number of nitrogens with zero attached hydrogens (tertiary/aromatic N) is 3. The zero-order valence-corrected chi connectivity index (χ0v) is 8.75. The molecule has 0 saturated heterocycles. The first kappa shape index (κ1) is 13.2. The predicted molar refractivity (Wildman–Crippen MR) is 51.7 cm³/mol. The first-order valence-corrected chi connectivity index (χ1v) is 4.62. The molecule has 0 fully saturated rings. The maximum absolute atomic E-state index is 9.66. The fourth-order valence-electron chi connectivity index (χ4n) is 0.951. The van der Waals surface area contributed by atoms with E-state index >= 15 is 0 Å². The van der Waals surface area contributed by atoms with Gasteiger partial charge in [0.25, 0.3) is 0 Å². The summed E-state index contributed by atoms with van der Waals surface area (Å²) in [6.07, 6.45) is -1.67. The summed E-state index contributed by atoms with van der Waals surface area (Å²) in [7, 11) is 0. The predicted octanol–water partition coefficient (Wildman–Crippen LogP) is 1.45. The third-order valence-corrected chi connectivity index (χ3v) is 1.67. The lowest BCUT2D eigenvalue weighted by Gasteiger charge is -2.24. The second-order valence-electron chi connectivity index (χ2n) is 2.72. The van der Waals surface area contributed by atoms with Crippen LogP contribution in [0.25, 0.3) is 10.4 Å². The van der Waals surface area contributed by atoms with Crippen LogP contribution in [0.2, 0.25) is 0 Å². The molecule has 0 unspecified atom stereocenters. The summed E-state index contributed by atoms with van der Waals surface area (Å²) in [4.78, 5) is 2.61. The van der Waals surface area contributed by atoms with Crippen LogP contribution in [0, 0.1) is 0 Å². The van der Waals surface area contributed by atoms with Crippen molar-refractivity contribution in [1.29, 1.82) is 0 Å². The van der Waals surface area contributed by atoms with Crippen molar-refractivity contribution in [1.82, 2.24) is 0 Å². The lowest BCUT2D eigenvalue weighted by Crippen LogP contribution is -2.38. The largest absolute Gasteiger partial charge is 0.387 e. The van der Waals surface area contributed by atoms with E-state index in [1.54, 1.807) is 20.8 Å². The molecule has 1 N–H and O–H groups in total. The number of hydrogen-bond acceptors (Lipinski definition) is 4. The van der Waals surface area contributed by atoms with Gasteiger partial charge in [-0.15, -0.1) is 0 Å².